The normalized spacial score (nSPS) is 13.7. The zero-order valence-corrected chi connectivity index (χ0v) is 68.0. The van der Waals surface area contributed by atoms with Crippen LogP contribution in [0.4, 0.5) is 34.1 Å². The lowest BCUT2D eigenvalue weighted by Gasteiger charge is -2.45. The average Bonchev–Trinajstić information content (AvgIpc) is 1.52. The van der Waals surface area contributed by atoms with Crippen LogP contribution in [-0.2, 0) is 10.8 Å². The van der Waals surface area contributed by atoms with Crippen LogP contribution in [0.5, 0.6) is 0 Å². The van der Waals surface area contributed by atoms with E-state index in [0.717, 1.165) is 113 Å². The quantitative estimate of drug-likeness (QED) is 0.131. The van der Waals surface area contributed by atoms with Gasteiger partial charge in [-0.1, -0.05) is 346 Å². The highest BCUT2D eigenvalue weighted by molar-refractivity contribution is 6.10. The van der Waals surface area contributed by atoms with Gasteiger partial charge in [-0.15, -0.1) is 0 Å². The maximum absolute atomic E-state index is 5.45. The average molecular weight is 1590 g/mol. The summed E-state index contributed by atoms with van der Waals surface area (Å²) >= 11 is 0. The molecule has 0 amide bonds. The van der Waals surface area contributed by atoms with E-state index in [4.69, 9.17) is 19.9 Å². The lowest BCUT2D eigenvalue weighted by atomic mass is 9.64. The molecule has 0 saturated carbocycles. The fourth-order valence-corrected chi connectivity index (χ4v) is 21.1. The van der Waals surface area contributed by atoms with E-state index in [9.17, 15) is 0 Å². The van der Waals surface area contributed by atoms with Gasteiger partial charge < -0.3 is 19.7 Å². The highest BCUT2D eigenvalue weighted by atomic mass is 15.2. The first-order valence-corrected chi connectivity index (χ1v) is 43.0. The third kappa shape index (κ3) is 11.0. The third-order valence-corrected chi connectivity index (χ3v) is 26.5. The summed E-state index contributed by atoms with van der Waals surface area (Å²) in [6.45, 7) is 0.683. The van der Waals surface area contributed by atoms with E-state index in [1.807, 2.05) is 18.2 Å². The van der Waals surface area contributed by atoms with Crippen LogP contribution in [0, 0.1) is 0 Å². The van der Waals surface area contributed by atoms with E-state index >= 15 is 0 Å². The molecule has 0 unspecified atom stereocenters. The Hall–Kier alpha value is -16.4. The molecule has 3 aliphatic heterocycles. The van der Waals surface area contributed by atoms with Gasteiger partial charge in [0.1, 0.15) is 0 Å². The first-order valence-electron chi connectivity index (χ1n) is 43.0. The van der Waals surface area contributed by atoms with Gasteiger partial charge in [0.15, 0.2) is 11.6 Å². The number of para-hydroxylation sites is 7. The predicted octanol–water partition coefficient (Wildman–Crippen LogP) is 28.5. The smallest absolute Gasteiger partial charge is 0.176 e. The molecule has 20 aromatic rings. The largest absolute Gasteiger partial charge is 0.379 e. The van der Waals surface area contributed by atoms with Gasteiger partial charge in [0.2, 0.25) is 0 Å². The van der Waals surface area contributed by atoms with Crippen LogP contribution in [0.2, 0.25) is 0 Å². The molecule has 0 radical (unpaired) electrons. The van der Waals surface area contributed by atoms with Crippen LogP contribution in [-0.4, -0.2) is 31.0 Å². The molecule has 0 bridgehead atoms. The minimum absolute atomic E-state index is 0.568. The van der Waals surface area contributed by atoms with E-state index in [1.165, 1.54) is 106 Å². The first kappa shape index (κ1) is 71.5. The zero-order chi connectivity index (χ0) is 82.3. The Morgan fingerprint density at radius 2 is 0.632 bits per heavy atom. The fourth-order valence-electron chi connectivity index (χ4n) is 21.1. The van der Waals surface area contributed by atoms with Crippen LogP contribution in [0.3, 0.4) is 0 Å². The zero-order valence-electron chi connectivity index (χ0n) is 68.0. The highest BCUT2D eigenvalue weighted by Gasteiger charge is 2.54. The lowest BCUT2D eigenvalue weighted by Crippen LogP contribution is -2.36. The van der Waals surface area contributed by atoms with Gasteiger partial charge in [0.05, 0.1) is 73.1 Å². The fraction of sp³-hybridized carbons (Fsp3) is 0.0256. The Bertz CT molecular complexity index is 7690. The number of fused-ring (bicyclic) bond motifs is 21. The van der Waals surface area contributed by atoms with E-state index in [-0.39, 0.29) is 0 Å². The number of aromatic nitrogens is 5. The van der Waals surface area contributed by atoms with Crippen molar-refractivity contribution in [2.45, 2.75) is 10.8 Å². The van der Waals surface area contributed by atoms with Crippen LogP contribution in [0.15, 0.2) is 443 Å². The van der Waals surface area contributed by atoms with Gasteiger partial charge in [-0.2, -0.15) is 0 Å². The van der Waals surface area contributed by atoms with E-state index in [1.54, 1.807) is 0 Å². The summed E-state index contributed by atoms with van der Waals surface area (Å²) in [7, 11) is 0. The number of nitrogens with one attached hydrogen (secondary N) is 1. The summed E-state index contributed by atoms with van der Waals surface area (Å²) in [5, 5.41) is 6.07. The molecular formula is C117H76N8. The van der Waals surface area contributed by atoms with Crippen molar-refractivity contribution in [3.8, 4) is 118 Å². The van der Waals surface area contributed by atoms with Crippen LogP contribution in [0.1, 0.15) is 50.3 Å². The standard InChI is InChI=1S/C117H76N8/c1-3-28-81(29-4-1)114-119-103(73-104(120-114)80-63-68-84(69-64-80)123-107-47-19-11-35-90(107)91-36-12-20-48-108(91)123)78-57-53-75(54-58-78)82-65-70-96-93(72-82)88-33-9-13-39-94(88)116(96)97-41-15-21-49-109(97)125(110-50-22-16-42-98(110)116)85-66-61-76(62-67-85)86-32-7-8-34-89(86)106-74-105(121-115(122-106)102-46-25-26-71-118-102)79-59-55-77(56-60-79)87-38-27-45-101-113(87)92-37-10-14-40-95(92)117(101)99-43-17-23-51-111(99)124(83-30-5-2-6-31-83)112-52-24-18-44-100(112)117/h1-70,72-74,118H,71H2. The summed E-state index contributed by atoms with van der Waals surface area (Å²) in [6.07, 6.45) is 6.28. The molecule has 0 atom stereocenters. The third-order valence-electron chi connectivity index (χ3n) is 26.5. The predicted molar refractivity (Wildman–Crippen MR) is 512 cm³/mol. The number of rotatable bonds is 12. The van der Waals surface area contributed by atoms with Crippen LogP contribution in [0.25, 0.3) is 145 Å². The Kier molecular flexibility index (Phi) is 16.4. The number of allylic oxidation sites excluding steroid dienone is 2. The van der Waals surface area contributed by atoms with Gasteiger partial charge in [0, 0.05) is 62.2 Å². The highest BCUT2D eigenvalue weighted by Crippen LogP contribution is 2.67. The first-order chi connectivity index (χ1) is 62.0. The monoisotopic (exact) mass is 1590 g/mol. The summed E-state index contributed by atoms with van der Waals surface area (Å²) in [5.74, 6) is 1.32. The molecule has 584 valence electrons. The van der Waals surface area contributed by atoms with Crippen molar-refractivity contribution in [2.75, 3.05) is 16.3 Å². The molecule has 17 aromatic carbocycles. The molecule has 3 aromatic heterocycles. The summed E-state index contributed by atoms with van der Waals surface area (Å²) in [5.41, 5.74) is 40.1. The molecular weight excluding hydrogens is 1520 g/mol. The molecule has 6 heterocycles. The minimum Gasteiger partial charge on any atom is -0.379 e. The molecule has 8 nitrogen and oxygen atoms in total. The maximum atomic E-state index is 5.45. The second-order valence-corrected chi connectivity index (χ2v) is 33.0. The van der Waals surface area contributed by atoms with Crippen molar-refractivity contribution in [1.29, 1.82) is 0 Å². The SMILES string of the molecule is C1=CCNC(c2nc(-c3ccc(-c4cccc5c4-c4ccccc4C54c5ccccc5N(c5ccccc5)c5ccccc54)cc3)cc(-c3ccccc3-c3ccc(N4c5ccccc5C5(c6ccccc6-c6cc(-c7ccc(-c8cc(-c9ccc(-n%10c%11ccccc%11c%11ccccc%11%10)cc9)nc(-c9ccccc9)n8)cc7)ccc65)c5ccccc54)cc3)n2)=C1. The number of nitrogens with zero attached hydrogens (tertiary/aromatic N) is 7. The molecule has 8 heteroatoms. The molecule has 5 aliphatic rings. The molecule has 1 N–H and O–H groups in total. The number of dihydropyridines is 1. The molecule has 125 heavy (non-hydrogen) atoms. The van der Waals surface area contributed by atoms with Crippen molar-refractivity contribution in [2.24, 2.45) is 0 Å². The lowest BCUT2D eigenvalue weighted by molar-refractivity contribution is 0.753. The molecule has 0 saturated heterocycles. The van der Waals surface area contributed by atoms with E-state index in [2.05, 4.69) is 444 Å². The second-order valence-electron chi connectivity index (χ2n) is 33.0. The summed E-state index contributed by atoms with van der Waals surface area (Å²) < 4.78 is 2.35. The molecule has 25 rings (SSSR count). The number of benzene rings is 17. The van der Waals surface area contributed by atoms with Crippen LogP contribution >= 0.6 is 0 Å². The Morgan fingerprint density at radius 3 is 1.22 bits per heavy atom. The molecule has 2 spiro atoms. The summed E-state index contributed by atoms with van der Waals surface area (Å²) in [6, 6.07) is 156. The Morgan fingerprint density at radius 1 is 0.240 bits per heavy atom. The van der Waals surface area contributed by atoms with Crippen molar-refractivity contribution < 1.29 is 0 Å². The summed E-state index contributed by atoms with van der Waals surface area (Å²) in [4.78, 5) is 26.3. The Balaban J connectivity index is 0.533. The molecule has 0 fully saturated rings. The van der Waals surface area contributed by atoms with Gasteiger partial charge in [-0.25, -0.2) is 19.9 Å². The second kappa shape index (κ2) is 28.6. The van der Waals surface area contributed by atoms with Crippen molar-refractivity contribution in [1.82, 2.24) is 29.8 Å². The van der Waals surface area contributed by atoms with Crippen LogP contribution < -0.4 is 15.1 Å². The van der Waals surface area contributed by atoms with Crippen molar-refractivity contribution in [3.63, 3.8) is 0 Å². The Labute approximate surface area is 724 Å². The van der Waals surface area contributed by atoms with Crippen molar-refractivity contribution >= 4 is 61.6 Å². The minimum atomic E-state index is -0.623. The van der Waals surface area contributed by atoms with Gasteiger partial charge in [-0.3, -0.25) is 0 Å². The number of anilines is 6. The van der Waals surface area contributed by atoms with E-state index < -0.39 is 10.8 Å². The topological polar surface area (TPSA) is 75.0 Å². The maximum Gasteiger partial charge on any atom is 0.176 e. The van der Waals surface area contributed by atoms with Crippen molar-refractivity contribution in [3.05, 3.63) is 493 Å². The van der Waals surface area contributed by atoms with Gasteiger partial charge in [-0.05, 0) is 197 Å². The van der Waals surface area contributed by atoms with Gasteiger partial charge >= 0.3 is 0 Å². The molecule has 2 aliphatic carbocycles. The van der Waals surface area contributed by atoms with E-state index in [0.29, 0.717) is 18.2 Å². The number of hydrogen-bond donors (Lipinski definition) is 1. The van der Waals surface area contributed by atoms with Gasteiger partial charge in [0.25, 0.3) is 0 Å². The number of hydrogen-bond acceptors (Lipinski definition) is 7.